The number of rotatable bonds is 5. The fourth-order valence-electron chi connectivity index (χ4n) is 4.94. The molecule has 2 aromatic heterocycles. The van der Waals surface area contributed by atoms with Gasteiger partial charge in [-0.3, -0.25) is 4.79 Å². The summed E-state index contributed by atoms with van der Waals surface area (Å²) in [7, 11) is 0. The quantitative estimate of drug-likeness (QED) is 0.481. The number of aryl methyl sites for hydroxylation is 3. The number of amides is 1. The summed E-state index contributed by atoms with van der Waals surface area (Å²) < 4.78 is 1.85. The van der Waals surface area contributed by atoms with Crippen LogP contribution in [0.1, 0.15) is 40.8 Å². The second-order valence-corrected chi connectivity index (χ2v) is 9.26. The second-order valence-electron chi connectivity index (χ2n) is 9.26. The lowest BCUT2D eigenvalue weighted by Gasteiger charge is -2.34. The molecule has 0 atom stereocenters. The largest absolute Gasteiger partial charge is 0.356 e. The molecule has 0 saturated carbocycles. The van der Waals surface area contributed by atoms with Crippen LogP contribution in [0.25, 0.3) is 5.78 Å². The van der Waals surface area contributed by atoms with Crippen molar-refractivity contribution in [3.63, 3.8) is 0 Å². The third-order valence-corrected chi connectivity index (χ3v) is 6.58. The number of fused-ring (bicyclic) bond motifs is 1. The van der Waals surface area contributed by atoms with E-state index in [0.29, 0.717) is 5.78 Å². The van der Waals surface area contributed by atoms with Crippen LogP contribution >= 0.6 is 0 Å². The number of piperidine rings is 1. The Labute approximate surface area is 199 Å². The van der Waals surface area contributed by atoms with E-state index in [1.807, 2.05) is 29.6 Å². The van der Waals surface area contributed by atoms with Crippen molar-refractivity contribution in [2.45, 2.75) is 40.0 Å². The predicted octanol–water partition coefficient (Wildman–Crippen LogP) is 4.50. The van der Waals surface area contributed by atoms with E-state index < -0.39 is 0 Å². The molecule has 3 heterocycles. The highest BCUT2D eigenvalue weighted by Gasteiger charge is 2.28. The molecule has 0 aliphatic carbocycles. The van der Waals surface area contributed by atoms with Crippen LogP contribution in [0.3, 0.4) is 0 Å². The van der Waals surface area contributed by atoms with Crippen molar-refractivity contribution in [3.8, 4) is 0 Å². The standard InChI is InChI=1S/C27H30N6O/c1-18-13-19(2)15-23(14-18)31-25(34)22-9-11-32(12-10-22)26-24(16-21-7-5-4-6-8-21)20(3)30-27-28-17-29-33(26)27/h4-8,13-15,17,22H,9-12,16H2,1-3H3,(H,31,34). The van der Waals surface area contributed by atoms with E-state index in [2.05, 4.69) is 64.5 Å². The Morgan fingerprint density at radius 2 is 1.74 bits per heavy atom. The number of carbonyl (C=O) groups excluding carboxylic acids is 1. The molecular weight excluding hydrogens is 424 g/mol. The van der Waals surface area contributed by atoms with Crippen molar-refractivity contribution >= 4 is 23.2 Å². The lowest BCUT2D eigenvalue weighted by molar-refractivity contribution is -0.120. The van der Waals surface area contributed by atoms with Gasteiger partial charge in [-0.05, 0) is 62.4 Å². The smallest absolute Gasteiger partial charge is 0.254 e. The molecule has 7 heteroatoms. The van der Waals surface area contributed by atoms with E-state index in [1.54, 1.807) is 6.33 Å². The SMILES string of the molecule is Cc1cc(C)cc(NC(=O)C2CCN(c3c(Cc4ccccc4)c(C)nc4ncnn34)CC2)c1. The lowest BCUT2D eigenvalue weighted by Crippen LogP contribution is -2.39. The number of benzene rings is 2. The molecule has 1 fully saturated rings. The molecular formula is C27H30N6O. The first-order valence-corrected chi connectivity index (χ1v) is 11.8. The summed E-state index contributed by atoms with van der Waals surface area (Å²) in [6.07, 6.45) is 3.91. The Bertz CT molecular complexity index is 1300. The van der Waals surface area contributed by atoms with E-state index in [1.165, 1.54) is 5.56 Å². The predicted molar refractivity (Wildman–Crippen MR) is 134 cm³/mol. The summed E-state index contributed by atoms with van der Waals surface area (Å²) in [6.45, 7) is 7.71. The van der Waals surface area contributed by atoms with E-state index in [0.717, 1.165) is 66.2 Å². The number of nitrogens with zero attached hydrogens (tertiary/aromatic N) is 5. The van der Waals surface area contributed by atoms with Gasteiger partial charge in [-0.25, -0.2) is 4.98 Å². The van der Waals surface area contributed by atoms with E-state index in [9.17, 15) is 4.79 Å². The molecule has 34 heavy (non-hydrogen) atoms. The number of hydrogen-bond acceptors (Lipinski definition) is 5. The molecule has 1 amide bonds. The van der Waals surface area contributed by atoms with Gasteiger partial charge >= 0.3 is 0 Å². The number of aromatic nitrogens is 4. The molecule has 2 aromatic carbocycles. The van der Waals surface area contributed by atoms with E-state index in [-0.39, 0.29) is 11.8 Å². The molecule has 0 spiro atoms. The summed E-state index contributed by atoms with van der Waals surface area (Å²) in [5.41, 5.74) is 6.54. The highest BCUT2D eigenvalue weighted by Crippen LogP contribution is 2.30. The summed E-state index contributed by atoms with van der Waals surface area (Å²) in [6, 6.07) is 16.6. The minimum Gasteiger partial charge on any atom is -0.356 e. The maximum Gasteiger partial charge on any atom is 0.254 e. The van der Waals surface area contributed by atoms with Gasteiger partial charge in [-0.15, -0.1) is 0 Å². The molecule has 0 bridgehead atoms. The summed E-state index contributed by atoms with van der Waals surface area (Å²) in [5, 5.41) is 7.62. The average Bonchev–Trinajstić information content (AvgIpc) is 3.27. The number of anilines is 2. The molecule has 7 nitrogen and oxygen atoms in total. The first-order chi connectivity index (χ1) is 16.5. The average molecular weight is 455 g/mol. The lowest BCUT2D eigenvalue weighted by atomic mass is 9.94. The van der Waals surface area contributed by atoms with Crippen molar-refractivity contribution in [3.05, 3.63) is 82.8 Å². The van der Waals surface area contributed by atoms with Crippen molar-refractivity contribution in [1.82, 2.24) is 19.6 Å². The van der Waals surface area contributed by atoms with Crippen LogP contribution in [0.2, 0.25) is 0 Å². The fraction of sp³-hybridized carbons (Fsp3) is 0.333. The highest BCUT2D eigenvalue weighted by molar-refractivity contribution is 5.92. The van der Waals surface area contributed by atoms with Crippen molar-refractivity contribution in [1.29, 1.82) is 0 Å². The molecule has 0 unspecified atom stereocenters. The monoisotopic (exact) mass is 454 g/mol. The molecule has 1 aliphatic rings. The molecule has 1 saturated heterocycles. The topological polar surface area (TPSA) is 75.4 Å². The zero-order chi connectivity index (χ0) is 23.7. The van der Waals surface area contributed by atoms with Gasteiger partial charge in [0.15, 0.2) is 0 Å². The summed E-state index contributed by atoms with van der Waals surface area (Å²) >= 11 is 0. The maximum atomic E-state index is 13.0. The molecule has 1 N–H and O–H groups in total. The number of carbonyl (C=O) groups is 1. The molecule has 4 aromatic rings. The summed E-state index contributed by atoms with van der Waals surface area (Å²) in [4.78, 5) is 24.4. The van der Waals surface area contributed by atoms with Crippen LogP contribution in [0.5, 0.6) is 0 Å². The van der Waals surface area contributed by atoms with Gasteiger partial charge in [0.1, 0.15) is 12.1 Å². The minimum absolute atomic E-state index is 0.0104. The Hall–Kier alpha value is -3.74. The van der Waals surface area contributed by atoms with Gasteiger partial charge in [-0.1, -0.05) is 36.4 Å². The van der Waals surface area contributed by atoms with Gasteiger partial charge in [-0.2, -0.15) is 14.6 Å². The third kappa shape index (κ3) is 4.51. The molecule has 174 valence electrons. The van der Waals surface area contributed by atoms with Crippen LogP contribution in [-0.4, -0.2) is 38.6 Å². The van der Waals surface area contributed by atoms with Crippen LogP contribution in [0.4, 0.5) is 11.5 Å². The Morgan fingerprint density at radius 3 is 2.44 bits per heavy atom. The normalized spacial score (nSPS) is 14.5. The first-order valence-electron chi connectivity index (χ1n) is 11.8. The van der Waals surface area contributed by atoms with Crippen molar-refractivity contribution < 1.29 is 4.79 Å². The van der Waals surface area contributed by atoms with Gasteiger partial charge in [0, 0.05) is 42.4 Å². The third-order valence-electron chi connectivity index (χ3n) is 6.58. The molecule has 0 radical (unpaired) electrons. The number of hydrogen-bond donors (Lipinski definition) is 1. The van der Waals surface area contributed by atoms with Crippen LogP contribution in [-0.2, 0) is 11.2 Å². The first kappa shape index (κ1) is 22.1. The Balaban J connectivity index is 1.36. The fourth-order valence-corrected chi connectivity index (χ4v) is 4.94. The minimum atomic E-state index is -0.0104. The van der Waals surface area contributed by atoms with Crippen molar-refractivity contribution in [2.75, 3.05) is 23.3 Å². The van der Waals surface area contributed by atoms with Gasteiger partial charge in [0.25, 0.3) is 5.78 Å². The number of nitrogens with one attached hydrogen (secondary N) is 1. The zero-order valence-electron chi connectivity index (χ0n) is 20.0. The van der Waals surface area contributed by atoms with E-state index in [4.69, 9.17) is 4.98 Å². The van der Waals surface area contributed by atoms with Gasteiger partial charge in [0.2, 0.25) is 5.91 Å². The summed E-state index contributed by atoms with van der Waals surface area (Å²) in [5.74, 6) is 1.74. The van der Waals surface area contributed by atoms with Gasteiger partial charge in [0.05, 0.1) is 0 Å². The Morgan fingerprint density at radius 1 is 1.03 bits per heavy atom. The van der Waals surface area contributed by atoms with Gasteiger partial charge < -0.3 is 10.2 Å². The maximum absolute atomic E-state index is 13.0. The zero-order valence-corrected chi connectivity index (χ0v) is 20.0. The van der Waals surface area contributed by atoms with Crippen molar-refractivity contribution in [2.24, 2.45) is 5.92 Å². The van der Waals surface area contributed by atoms with E-state index >= 15 is 0 Å². The van der Waals surface area contributed by atoms with Crippen LogP contribution in [0, 0.1) is 26.7 Å². The molecule has 5 rings (SSSR count). The second kappa shape index (κ2) is 9.25. The van der Waals surface area contributed by atoms with Crippen LogP contribution in [0.15, 0.2) is 54.9 Å². The highest BCUT2D eigenvalue weighted by atomic mass is 16.1. The Kier molecular flexibility index (Phi) is 6.01. The molecule has 1 aliphatic heterocycles. The van der Waals surface area contributed by atoms with Crippen LogP contribution < -0.4 is 10.2 Å².